The second kappa shape index (κ2) is 5.64. The molecule has 0 spiro atoms. The lowest BCUT2D eigenvalue weighted by Gasteiger charge is -1.98. The highest BCUT2D eigenvalue weighted by molar-refractivity contribution is 7.21. The lowest BCUT2D eigenvalue weighted by molar-refractivity contribution is -0.104. The predicted octanol–water partition coefficient (Wildman–Crippen LogP) is 4.53. The van der Waals surface area contributed by atoms with Crippen LogP contribution in [0.25, 0.3) is 32.2 Å². The molecule has 2 aromatic heterocycles. The maximum absolute atomic E-state index is 11.6. The first-order valence-corrected chi connectivity index (χ1v) is 8.15. The monoisotopic (exact) mass is 350 g/mol. The number of rotatable bonds is 4. The number of aromatic hydroxyl groups is 1. The third-order valence-electron chi connectivity index (χ3n) is 4.08. The summed E-state index contributed by atoms with van der Waals surface area (Å²) in [5, 5.41) is 14.9. The van der Waals surface area contributed by atoms with E-state index in [0.717, 1.165) is 10.1 Å². The van der Waals surface area contributed by atoms with Crippen molar-refractivity contribution in [3.8, 4) is 16.3 Å². The van der Waals surface area contributed by atoms with Crippen LogP contribution in [0.15, 0.2) is 47.6 Å². The van der Waals surface area contributed by atoms with Crippen molar-refractivity contribution < 1.29 is 14.7 Å². The van der Waals surface area contributed by atoms with Gasteiger partial charge < -0.3 is 10.1 Å². The molecule has 25 heavy (non-hydrogen) atoms. The highest BCUT2D eigenvalue weighted by Crippen LogP contribution is 2.48. The fourth-order valence-corrected chi connectivity index (χ4v) is 3.90. The van der Waals surface area contributed by atoms with E-state index in [2.05, 4.69) is 10.2 Å². The van der Waals surface area contributed by atoms with Crippen LogP contribution in [0.5, 0.6) is 5.06 Å². The lowest BCUT2D eigenvalue weighted by atomic mass is 10.1. The number of benzene rings is 2. The molecule has 4 rings (SSSR count). The maximum Gasteiger partial charge on any atom is 0.225 e. The Labute approximate surface area is 144 Å². The molecule has 0 bridgehead atoms. The number of aromatic nitrogens is 1. The minimum absolute atomic E-state index is 0.0712. The number of nitrogens with zero attached hydrogens (tertiary/aromatic N) is 1. The Bertz CT molecular complexity index is 1170. The molecule has 0 aliphatic heterocycles. The summed E-state index contributed by atoms with van der Waals surface area (Å²) in [6.07, 6.45) is 0.238. The average Bonchev–Trinajstić information content (AvgIpc) is 3.15. The normalized spacial score (nSPS) is 11.0. The molecular formula is C18H10N2O4S. The second-order valence-electron chi connectivity index (χ2n) is 5.46. The van der Waals surface area contributed by atoms with Crippen molar-refractivity contribution in [3.63, 3.8) is 0 Å². The van der Waals surface area contributed by atoms with Gasteiger partial charge in [-0.05, 0) is 23.4 Å². The van der Waals surface area contributed by atoms with Crippen molar-refractivity contribution in [3.05, 3.63) is 52.9 Å². The number of fused-ring (bicyclic) bond motifs is 2. The van der Waals surface area contributed by atoms with Crippen LogP contribution < -0.4 is 0 Å². The van der Waals surface area contributed by atoms with Crippen LogP contribution in [0.4, 0.5) is 5.69 Å². The van der Waals surface area contributed by atoms with Gasteiger partial charge in [-0.2, -0.15) is 0 Å². The first kappa shape index (κ1) is 15.2. The number of aromatic amines is 1. The van der Waals surface area contributed by atoms with E-state index in [1.807, 2.05) is 24.3 Å². The Morgan fingerprint density at radius 3 is 2.72 bits per heavy atom. The summed E-state index contributed by atoms with van der Waals surface area (Å²) in [7, 11) is 0. The number of carbonyl (C=O) groups excluding carboxylic acids is 2. The molecular weight excluding hydrogens is 340 g/mol. The zero-order valence-electron chi connectivity index (χ0n) is 12.6. The van der Waals surface area contributed by atoms with Gasteiger partial charge in [-0.25, -0.2) is 0 Å². The topological polar surface area (TPSA) is 99.6 Å². The molecule has 7 heteroatoms. The number of aldehydes is 1. The van der Waals surface area contributed by atoms with E-state index < -0.39 is 5.78 Å². The highest BCUT2D eigenvalue weighted by atomic mass is 32.1. The van der Waals surface area contributed by atoms with E-state index in [-0.39, 0.29) is 22.6 Å². The SMILES string of the molecule is O=CC(=O)c1ccc2c(N=O)c(-c3c(O)sc4ccccc34)[nH]c2c1. The zero-order valence-corrected chi connectivity index (χ0v) is 13.5. The van der Waals surface area contributed by atoms with E-state index in [1.165, 1.54) is 23.5 Å². The molecule has 122 valence electrons. The summed E-state index contributed by atoms with van der Waals surface area (Å²) in [6, 6.07) is 12.0. The van der Waals surface area contributed by atoms with E-state index in [9.17, 15) is 19.6 Å². The molecule has 0 radical (unpaired) electrons. The molecule has 2 heterocycles. The van der Waals surface area contributed by atoms with Crippen molar-refractivity contribution in [2.45, 2.75) is 0 Å². The average molecular weight is 350 g/mol. The van der Waals surface area contributed by atoms with Gasteiger partial charge in [-0.15, -0.1) is 4.91 Å². The van der Waals surface area contributed by atoms with Gasteiger partial charge >= 0.3 is 0 Å². The summed E-state index contributed by atoms with van der Waals surface area (Å²) in [5.41, 5.74) is 1.74. The Kier molecular flexibility index (Phi) is 3.43. The zero-order chi connectivity index (χ0) is 17.6. The summed E-state index contributed by atoms with van der Waals surface area (Å²) in [5.74, 6) is -0.650. The molecule has 0 amide bonds. The number of nitroso groups, excluding NO2 is 1. The highest BCUT2D eigenvalue weighted by Gasteiger charge is 2.21. The number of hydrogen-bond donors (Lipinski definition) is 2. The van der Waals surface area contributed by atoms with Crippen molar-refractivity contribution >= 4 is 50.1 Å². The molecule has 0 atom stereocenters. The number of thiophene rings is 1. The van der Waals surface area contributed by atoms with E-state index in [1.54, 1.807) is 6.07 Å². The van der Waals surface area contributed by atoms with Gasteiger partial charge in [0.15, 0.2) is 11.3 Å². The van der Waals surface area contributed by atoms with Crippen molar-refractivity contribution in [2.24, 2.45) is 5.18 Å². The van der Waals surface area contributed by atoms with Crippen LogP contribution >= 0.6 is 11.3 Å². The Hall–Kier alpha value is -3.32. The first-order valence-electron chi connectivity index (χ1n) is 7.33. The molecule has 2 N–H and O–H groups in total. The van der Waals surface area contributed by atoms with Gasteiger partial charge in [-0.3, -0.25) is 9.59 Å². The van der Waals surface area contributed by atoms with E-state index >= 15 is 0 Å². The third kappa shape index (κ3) is 2.25. The molecule has 0 fully saturated rings. The number of carbonyl (C=O) groups is 2. The molecule has 0 aliphatic rings. The number of H-pyrrole nitrogens is 1. The summed E-state index contributed by atoms with van der Waals surface area (Å²) >= 11 is 1.21. The Morgan fingerprint density at radius 2 is 1.96 bits per heavy atom. The summed E-state index contributed by atoms with van der Waals surface area (Å²) < 4.78 is 0.877. The van der Waals surface area contributed by atoms with Crippen LogP contribution in [0.2, 0.25) is 0 Å². The maximum atomic E-state index is 11.6. The van der Waals surface area contributed by atoms with Crippen molar-refractivity contribution in [1.82, 2.24) is 4.98 Å². The number of ketones is 1. The van der Waals surface area contributed by atoms with Crippen LogP contribution in [-0.4, -0.2) is 22.2 Å². The summed E-state index contributed by atoms with van der Waals surface area (Å²) in [6.45, 7) is 0. The van der Waals surface area contributed by atoms with Crippen LogP contribution in [0.3, 0.4) is 0 Å². The standard InChI is InChI=1S/C18H10N2O4S/c21-8-13(22)9-5-6-10-12(7-9)19-17(16(10)20-24)15-11-3-1-2-4-14(11)25-18(15)23/h1-8,19,23H. The first-order chi connectivity index (χ1) is 12.1. The van der Waals surface area contributed by atoms with E-state index in [0.29, 0.717) is 22.2 Å². The van der Waals surface area contributed by atoms with Gasteiger partial charge in [0.05, 0.1) is 11.3 Å². The summed E-state index contributed by atoms with van der Waals surface area (Å²) in [4.78, 5) is 36.8. The van der Waals surface area contributed by atoms with Crippen LogP contribution in [-0.2, 0) is 4.79 Å². The Morgan fingerprint density at radius 1 is 1.16 bits per heavy atom. The van der Waals surface area contributed by atoms with Gasteiger partial charge in [0.1, 0.15) is 5.69 Å². The van der Waals surface area contributed by atoms with Gasteiger partial charge in [0.2, 0.25) is 5.78 Å². The molecule has 0 saturated carbocycles. The van der Waals surface area contributed by atoms with Gasteiger partial charge in [0.25, 0.3) is 0 Å². The largest absolute Gasteiger partial charge is 0.499 e. The molecule has 6 nitrogen and oxygen atoms in total. The molecule has 2 aromatic carbocycles. The molecule has 0 saturated heterocycles. The van der Waals surface area contributed by atoms with Crippen LogP contribution in [0.1, 0.15) is 10.4 Å². The smallest absolute Gasteiger partial charge is 0.225 e. The minimum atomic E-state index is -0.650. The van der Waals surface area contributed by atoms with Gasteiger partial charge in [0, 0.05) is 26.6 Å². The molecule has 4 aromatic rings. The fraction of sp³-hybridized carbons (Fsp3) is 0. The fourth-order valence-electron chi connectivity index (χ4n) is 2.95. The van der Waals surface area contributed by atoms with Crippen molar-refractivity contribution in [2.75, 3.05) is 0 Å². The molecule has 0 unspecified atom stereocenters. The van der Waals surface area contributed by atoms with Gasteiger partial charge in [-0.1, -0.05) is 35.6 Å². The van der Waals surface area contributed by atoms with Crippen molar-refractivity contribution in [1.29, 1.82) is 0 Å². The quantitative estimate of drug-likeness (QED) is 0.244. The van der Waals surface area contributed by atoms with E-state index in [4.69, 9.17) is 0 Å². The second-order valence-corrected chi connectivity index (χ2v) is 6.49. The number of hydrogen-bond acceptors (Lipinski definition) is 6. The van der Waals surface area contributed by atoms with Crippen LogP contribution in [0, 0.1) is 4.91 Å². The Balaban J connectivity index is 2.04. The lowest BCUT2D eigenvalue weighted by Crippen LogP contribution is -1.98. The number of Topliss-reactive ketones (excluding diaryl/α,β-unsaturated/α-hetero) is 1. The molecule has 0 aliphatic carbocycles. The third-order valence-corrected chi connectivity index (χ3v) is 5.05. The number of nitrogens with one attached hydrogen (secondary N) is 1. The predicted molar refractivity (Wildman–Crippen MR) is 96.6 cm³/mol. The minimum Gasteiger partial charge on any atom is -0.499 e.